The molecular formula is C15H18N2O2. The van der Waals surface area contributed by atoms with E-state index in [0.29, 0.717) is 6.54 Å². The Morgan fingerprint density at radius 1 is 1.26 bits per heavy atom. The highest BCUT2D eigenvalue weighted by Crippen LogP contribution is 2.16. The van der Waals surface area contributed by atoms with Crippen LogP contribution in [0.5, 0.6) is 5.75 Å². The van der Waals surface area contributed by atoms with E-state index in [1.54, 1.807) is 13.2 Å². The van der Waals surface area contributed by atoms with Crippen molar-refractivity contribution in [3.63, 3.8) is 0 Å². The highest BCUT2D eigenvalue weighted by atomic mass is 16.5. The van der Waals surface area contributed by atoms with E-state index < -0.39 is 0 Å². The van der Waals surface area contributed by atoms with E-state index in [-0.39, 0.29) is 5.43 Å². The molecule has 0 saturated carbocycles. The molecule has 19 heavy (non-hydrogen) atoms. The van der Waals surface area contributed by atoms with Gasteiger partial charge in [0.25, 0.3) is 0 Å². The van der Waals surface area contributed by atoms with Crippen molar-refractivity contribution < 1.29 is 4.74 Å². The number of hydrogen-bond donors (Lipinski definition) is 1. The third kappa shape index (κ3) is 2.85. The van der Waals surface area contributed by atoms with Gasteiger partial charge in [-0.15, -0.1) is 0 Å². The summed E-state index contributed by atoms with van der Waals surface area (Å²) in [6.45, 7) is 2.49. The third-order valence-corrected chi connectivity index (χ3v) is 3.04. The summed E-state index contributed by atoms with van der Waals surface area (Å²) in [6.07, 6.45) is 1.88. The Bertz CT molecular complexity index is 615. The molecule has 0 atom stereocenters. The minimum absolute atomic E-state index is 0.0663. The lowest BCUT2D eigenvalue weighted by atomic mass is 10.2. The van der Waals surface area contributed by atoms with Gasteiger partial charge in [-0.3, -0.25) is 4.79 Å². The SMILES string of the molecule is CNCc1cn(-c2ccc(OC)cc2)c(C)cc1=O. The number of rotatable bonds is 4. The van der Waals surface area contributed by atoms with E-state index in [0.717, 1.165) is 22.7 Å². The zero-order valence-electron chi connectivity index (χ0n) is 11.4. The van der Waals surface area contributed by atoms with Crippen LogP contribution in [0.25, 0.3) is 5.69 Å². The molecular weight excluding hydrogens is 240 g/mol. The van der Waals surface area contributed by atoms with Crippen molar-refractivity contribution >= 4 is 0 Å². The van der Waals surface area contributed by atoms with Crippen molar-refractivity contribution in [2.75, 3.05) is 14.2 Å². The van der Waals surface area contributed by atoms with Crippen molar-refractivity contribution in [2.45, 2.75) is 13.5 Å². The van der Waals surface area contributed by atoms with Crippen LogP contribution in [0.3, 0.4) is 0 Å². The maximum Gasteiger partial charge on any atom is 0.186 e. The Morgan fingerprint density at radius 2 is 1.95 bits per heavy atom. The number of aromatic nitrogens is 1. The number of ether oxygens (including phenoxy) is 1. The van der Waals surface area contributed by atoms with E-state index in [9.17, 15) is 4.79 Å². The molecule has 0 unspecified atom stereocenters. The van der Waals surface area contributed by atoms with Crippen LogP contribution in [0.4, 0.5) is 0 Å². The van der Waals surface area contributed by atoms with E-state index in [1.165, 1.54) is 0 Å². The number of hydrogen-bond acceptors (Lipinski definition) is 3. The number of pyridine rings is 1. The van der Waals surface area contributed by atoms with Gasteiger partial charge in [0, 0.05) is 35.8 Å². The molecule has 0 aliphatic rings. The lowest BCUT2D eigenvalue weighted by Gasteiger charge is -2.13. The van der Waals surface area contributed by atoms with Gasteiger partial charge >= 0.3 is 0 Å². The molecule has 2 aromatic rings. The molecule has 0 amide bonds. The van der Waals surface area contributed by atoms with Crippen LogP contribution in [-0.2, 0) is 6.54 Å². The molecule has 1 N–H and O–H groups in total. The summed E-state index contributed by atoms with van der Waals surface area (Å²) in [5.41, 5.74) is 2.74. The van der Waals surface area contributed by atoms with E-state index in [4.69, 9.17) is 4.74 Å². The maximum absolute atomic E-state index is 11.8. The summed E-state index contributed by atoms with van der Waals surface area (Å²) in [5, 5.41) is 3.01. The summed E-state index contributed by atoms with van der Waals surface area (Å²) in [6, 6.07) is 9.42. The Kier molecular flexibility index (Phi) is 4.02. The van der Waals surface area contributed by atoms with Crippen LogP contribution in [-0.4, -0.2) is 18.7 Å². The maximum atomic E-state index is 11.8. The first-order chi connectivity index (χ1) is 9.15. The molecule has 0 spiro atoms. The zero-order chi connectivity index (χ0) is 13.8. The van der Waals surface area contributed by atoms with Gasteiger partial charge in [0.1, 0.15) is 5.75 Å². The van der Waals surface area contributed by atoms with Gasteiger partial charge in [0.15, 0.2) is 5.43 Å². The van der Waals surface area contributed by atoms with Crippen LogP contribution in [0.1, 0.15) is 11.3 Å². The van der Waals surface area contributed by atoms with Crippen molar-refractivity contribution in [2.24, 2.45) is 0 Å². The molecule has 0 radical (unpaired) electrons. The first-order valence-electron chi connectivity index (χ1n) is 6.17. The molecule has 0 fully saturated rings. The molecule has 2 rings (SSSR count). The van der Waals surface area contributed by atoms with E-state index >= 15 is 0 Å². The molecule has 0 aliphatic carbocycles. The summed E-state index contributed by atoms with van der Waals surface area (Å²) < 4.78 is 7.15. The smallest absolute Gasteiger partial charge is 0.186 e. The van der Waals surface area contributed by atoms with Crippen molar-refractivity contribution in [3.8, 4) is 11.4 Å². The number of nitrogens with one attached hydrogen (secondary N) is 1. The quantitative estimate of drug-likeness (QED) is 0.910. The molecule has 1 aromatic carbocycles. The predicted octanol–water partition coefficient (Wildman–Crippen LogP) is 1.87. The van der Waals surface area contributed by atoms with E-state index in [1.807, 2.05) is 49.0 Å². The van der Waals surface area contributed by atoms with Gasteiger partial charge in [-0.2, -0.15) is 0 Å². The van der Waals surface area contributed by atoms with Crippen LogP contribution in [0.2, 0.25) is 0 Å². The molecule has 0 bridgehead atoms. The van der Waals surface area contributed by atoms with Gasteiger partial charge in [0.2, 0.25) is 0 Å². The van der Waals surface area contributed by atoms with Gasteiger partial charge in [-0.25, -0.2) is 0 Å². The monoisotopic (exact) mass is 258 g/mol. The number of benzene rings is 1. The molecule has 4 nitrogen and oxygen atoms in total. The molecule has 1 heterocycles. The molecule has 0 saturated heterocycles. The fraction of sp³-hybridized carbons (Fsp3) is 0.267. The normalized spacial score (nSPS) is 10.5. The largest absolute Gasteiger partial charge is 0.497 e. The average Bonchev–Trinajstić information content (AvgIpc) is 2.42. The molecule has 1 aromatic heterocycles. The highest BCUT2D eigenvalue weighted by molar-refractivity contribution is 5.39. The summed E-state index contributed by atoms with van der Waals surface area (Å²) >= 11 is 0. The Morgan fingerprint density at radius 3 is 2.53 bits per heavy atom. The second-order valence-electron chi connectivity index (χ2n) is 4.40. The molecule has 0 aliphatic heterocycles. The molecule has 4 heteroatoms. The fourth-order valence-electron chi connectivity index (χ4n) is 2.02. The zero-order valence-corrected chi connectivity index (χ0v) is 11.4. The third-order valence-electron chi connectivity index (χ3n) is 3.04. The summed E-state index contributed by atoms with van der Waals surface area (Å²) in [4.78, 5) is 11.8. The topological polar surface area (TPSA) is 43.3 Å². The number of aryl methyl sites for hydroxylation is 1. The van der Waals surface area contributed by atoms with Gasteiger partial charge in [-0.05, 0) is 38.2 Å². The van der Waals surface area contributed by atoms with Crippen LogP contribution < -0.4 is 15.5 Å². The van der Waals surface area contributed by atoms with Gasteiger partial charge in [-0.1, -0.05) is 0 Å². The lowest BCUT2D eigenvalue weighted by molar-refractivity contribution is 0.414. The fourth-order valence-corrected chi connectivity index (χ4v) is 2.02. The minimum atomic E-state index is 0.0663. The second-order valence-corrected chi connectivity index (χ2v) is 4.40. The Balaban J connectivity index is 2.48. The van der Waals surface area contributed by atoms with Crippen LogP contribution >= 0.6 is 0 Å². The highest BCUT2D eigenvalue weighted by Gasteiger charge is 2.05. The second kappa shape index (κ2) is 5.71. The van der Waals surface area contributed by atoms with Gasteiger partial charge in [0.05, 0.1) is 7.11 Å². The van der Waals surface area contributed by atoms with Crippen molar-refractivity contribution in [3.05, 3.63) is 58.0 Å². The van der Waals surface area contributed by atoms with Crippen molar-refractivity contribution in [1.82, 2.24) is 9.88 Å². The summed E-state index contributed by atoms with van der Waals surface area (Å²) in [7, 11) is 3.47. The Labute approximate surface area is 112 Å². The van der Waals surface area contributed by atoms with Crippen LogP contribution in [0.15, 0.2) is 41.3 Å². The average molecular weight is 258 g/mol. The molecule has 100 valence electrons. The summed E-state index contributed by atoms with van der Waals surface area (Å²) in [5.74, 6) is 0.817. The van der Waals surface area contributed by atoms with Crippen molar-refractivity contribution in [1.29, 1.82) is 0 Å². The van der Waals surface area contributed by atoms with Gasteiger partial charge < -0.3 is 14.6 Å². The first kappa shape index (κ1) is 13.4. The standard InChI is InChI=1S/C15H18N2O2/c1-11-8-15(18)12(9-16-2)10-17(11)13-4-6-14(19-3)7-5-13/h4-8,10,16H,9H2,1-3H3. The lowest BCUT2D eigenvalue weighted by Crippen LogP contribution is -2.19. The minimum Gasteiger partial charge on any atom is -0.497 e. The van der Waals surface area contributed by atoms with Crippen LogP contribution in [0, 0.1) is 6.92 Å². The first-order valence-corrected chi connectivity index (χ1v) is 6.17. The number of methoxy groups -OCH3 is 1. The van der Waals surface area contributed by atoms with E-state index in [2.05, 4.69) is 5.32 Å². The number of nitrogens with zero attached hydrogens (tertiary/aromatic N) is 1. The Hall–Kier alpha value is -2.07. The predicted molar refractivity (Wildman–Crippen MR) is 76.1 cm³/mol.